The summed E-state index contributed by atoms with van der Waals surface area (Å²) in [5.74, 6) is 1.11. The minimum atomic E-state index is 0.0760. The molecule has 90 valence electrons. The number of anilines is 2. The lowest BCUT2D eigenvalue weighted by atomic mass is 10.1. The molecular weight excluding hydrogens is 226 g/mol. The van der Waals surface area contributed by atoms with Crippen molar-refractivity contribution in [2.45, 2.75) is 13.0 Å². The zero-order valence-electron chi connectivity index (χ0n) is 9.96. The second kappa shape index (κ2) is 5.15. The van der Waals surface area contributed by atoms with E-state index in [-0.39, 0.29) is 6.04 Å². The first-order valence-electron chi connectivity index (χ1n) is 5.53. The van der Waals surface area contributed by atoms with Crippen molar-refractivity contribution < 1.29 is 0 Å². The van der Waals surface area contributed by atoms with E-state index in [9.17, 15) is 0 Å². The van der Waals surface area contributed by atoms with Crippen LogP contribution in [0.4, 0.5) is 11.6 Å². The number of hydrogen-bond acceptors (Lipinski definition) is 5. The molecule has 0 amide bonds. The fraction of sp³-hybridized carbons (Fsp3) is 0.154. The fourth-order valence-electron chi connectivity index (χ4n) is 1.60. The molecule has 1 atom stereocenters. The lowest BCUT2D eigenvalue weighted by Gasteiger charge is -2.14. The number of nitrogens with zero attached hydrogens (tertiary/aromatic N) is 3. The van der Waals surface area contributed by atoms with Crippen LogP contribution in [0.5, 0.6) is 0 Å². The van der Waals surface area contributed by atoms with Gasteiger partial charge in [0.25, 0.3) is 0 Å². The molecule has 1 unspecified atom stereocenters. The van der Waals surface area contributed by atoms with Crippen LogP contribution in [0.3, 0.4) is 0 Å². The van der Waals surface area contributed by atoms with Crippen LogP contribution in [0.2, 0.25) is 0 Å². The Morgan fingerprint density at radius 3 is 2.61 bits per heavy atom. The van der Waals surface area contributed by atoms with E-state index in [1.165, 1.54) is 6.33 Å². The van der Waals surface area contributed by atoms with Gasteiger partial charge in [0.2, 0.25) is 0 Å². The molecule has 1 heterocycles. The van der Waals surface area contributed by atoms with E-state index in [2.05, 4.69) is 21.4 Å². The van der Waals surface area contributed by atoms with Crippen molar-refractivity contribution in [2.24, 2.45) is 0 Å². The van der Waals surface area contributed by atoms with Crippen molar-refractivity contribution in [2.75, 3.05) is 11.1 Å². The minimum absolute atomic E-state index is 0.0760. The minimum Gasteiger partial charge on any atom is -0.384 e. The second-order valence-corrected chi connectivity index (χ2v) is 3.93. The van der Waals surface area contributed by atoms with E-state index < -0.39 is 0 Å². The summed E-state index contributed by atoms with van der Waals surface area (Å²) < 4.78 is 0. The van der Waals surface area contributed by atoms with Crippen molar-refractivity contribution in [1.29, 1.82) is 5.26 Å². The van der Waals surface area contributed by atoms with Crippen molar-refractivity contribution in [3.8, 4) is 6.07 Å². The van der Waals surface area contributed by atoms with Crippen LogP contribution in [0.1, 0.15) is 24.1 Å². The largest absolute Gasteiger partial charge is 0.384 e. The fourth-order valence-corrected chi connectivity index (χ4v) is 1.60. The molecule has 0 saturated heterocycles. The van der Waals surface area contributed by atoms with Crippen molar-refractivity contribution in [1.82, 2.24) is 9.97 Å². The summed E-state index contributed by atoms with van der Waals surface area (Å²) in [6, 6.07) is 11.3. The first-order valence-corrected chi connectivity index (χ1v) is 5.53. The van der Waals surface area contributed by atoms with Gasteiger partial charge in [0.05, 0.1) is 11.6 Å². The number of aromatic nitrogens is 2. The third kappa shape index (κ3) is 2.74. The molecule has 5 heteroatoms. The number of nitrogens with one attached hydrogen (secondary N) is 1. The molecule has 1 aromatic heterocycles. The summed E-state index contributed by atoms with van der Waals surface area (Å²) in [7, 11) is 0. The average Bonchev–Trinajstić information content (AvgIpc) is 2.39. The number of benzene rings is 1. The van der Waals surface area contributed by atoms with Crippen LogP contribution in [-0.2, 0) is 0 Å². The topological polar surface area (TPSA) is 87.6 Å². The van der Waals surface area contributed by atoms with Gasteiger partial charge >= 0.3 is 0 Å². The zero-order chi connectivity index (χ0) is 13.0. The van der Waals surface area contributed by atoms with Gasteiger partial charge in [0.15, 0.2) is 0 Å². The Kier molecular flexibility index (Phi) is 3.39. The van der Waals surface area contributed by atoms with Gasteiger partial charge in [0.1, 0.15) is 18.0 Å². The maximum atomic E-state index is 8.74. The van der Waals surface area contributed by atoms with Crippen molar-refractivity contribution >= 4 is 11.6 Å². The van der Waals surface area contributed by atoms with Crippen LogP contribution >= 0.6 is 0 Å². The average molecular weight is 239 g/mol. The Hall–Kier alpha value is -2.61. The molecule has 2 aromatic rings. The van der Waals surface area contributed by atoms with Gasteiger partial charge in [-0.15, -0.1) is 0 Å². The molecule has 0 aliphatic rings. The molecule has 5 nitrogen and oxygen atoms in total. The monoisotopic (exact) mass is 239 g/mol. The molecule has 1 aromatic carbocycles. The third-order valence-electron chi connectivity index (χ3n) is 2.59. The van der Waals surface area contributed by atoms with E-state index in [1.807, 2.05) is 19.1 Å². The Balaban J connectivity index is 2.12. The number of hydrogen-bond donors (Lipinski definition) is 2. The van der Waals surface area contributed by atoms with E-state index in [0.29, 0.717) is 17.2 Å². The lowest BCUT2D eigenvalue weighted by molar-refractivity contribution is 0.872. The molecule has 3 N–H and O–H groups in total. The number of rotatable bonds is 3. The summed E-state index contributed by atoms with van der Waals surface area (Å²) in [6.07, 6.45) is 1.42. The predicted molar refractivity (Wildman–Crippen MR) is 69.6 cm³/mol. The lowest BCUT2D eigenvalue weighted by Crippen LogP contribution is -2.08. The highest BCUT2D eigenvalue weighted by atomic mass is 15.0. The maximum absolute atomic E-state index is 8.74. The summed E-state index contributed by atoms with van der Waals surface area (Å²) >= 11 is 0. The zero-order valence-corrected chi connectivity index (χ0v) is 9.96. The summed E-state index contributed by atoms with van der Waals surface area (Å²) in [5.41, 5.74) is 7.31. The van der Waals surface area contributed by atoms with Gasteiger partial charge in [-0.25, -0.2) is 9.97 Å². The summed E-state index contributed by atoms with van der Waals surface area (Å²) in [6.45, 7) is 2.01. The van der Waals surface area contributed by atoms with Crippen molar-refractivity contribution in [3.05, 3.63) is 47.8 Å². The summed E-state index contributed by atoms with van der Waals surface area (Å²) in [5, 5.41) is 12.0. The molecule has 0 bridgehead atoms. The van der Waals surface area contributed by atoms with E-state index in [1.54, 1.807) is 18.2 Å². The number of nitriles is 1. The first kappa shape index (κ1) is 11.9. The molecular formula is C13H13N5. The van der Waals surface area contributed by atoms with Gasteiger partial charge in [0, 0.05) is 12.1 Å². The quantitative estimate of drug-likeness (QED) is 0.856. The normalized spacial score (nSPS) is 11.6. The van der Waals surface area contributed by atoms with Crippen LogP contribution in [0.25, 0.3) is 0 Å². The smallest absolute Gasteiger partial charge is 0.131 e. The number of nitrogen functional groups attached to an aromatic ring is 1. The van der Waals surface area contributed by atoms with E-state index >= 15 is 0 Å². The summed E-state index contributed by atoms with van der Waals surface area (Å²) in [4.78, 5) is 7.92. The molecule has 0 radical (unpaired) electrons. The third-order valence-corrected chi connectivity index (χ3v) is 2.59. The van der Waals surface area contributed by atoms with Crippen LogP contribution in [0, 0.1) is 11.3 Å². The van der Waals surface area contributed by atoms with Gasteiger partial charge in [-0.1, -0.05) is 12.1 Å². The number of nitrogens with two attached hydrogens (primary N) is 1. The SMILES string of the molecule is CC(Nc1cc(N)ncn1)c1ccc(C#N)cc1. The highest BCUT2D eigenvalue weighted by Gasteiger charge is 2.06. The van der Waals surface area contributed by atoms with Crippen molar-refractivity contribution in [3.63, 3.8) is 0 Å². The highest BCUT2D eigenvalue weighted by Crippen LogP contribution is 2.18. The maximum Gasteiger partial charge on any atom is 0.131 e. The predicted octanol–water partition coefficient (Wildman–Crippen LogP) is 2.10. The Labute approximate surface area is 105 Å². The molecule has 2 rings (SSSR count). The first-order chi connectivity index (χ1) is 8.69. The Morgan fingerprint density at radius 2 is 2.00 bits per heavy atom. The molecule has 0 aliphatic heterocycles. The Bertz CT molecular complexity index is 571. The van der Waals surface area contributed by atoms with Gasteiger partial charge in [-0.2, -0.15) is 5.26 Å². The van der Waals surface area contributed by atoms with E-state index in [4.69, 9.17) is 11.0 Å². The van der Waals surface area contributed by atoms with Gasteiger partial charge in [-0.3, -0.25) is 0 Å². The Morgan fingerprint density at radius 1 is 1.28 bits per heavy atom. The van der Waals surface area contributed by atoms with Crippen LogP contribution in [0.15, 0.2) is 36.7 Å². The van der Waals surface area contributed by atoms with Crippen LogP contribution in [-0.4, -0.2) is 9.97 Å². The molecule has 0 fully saturated rings. The highest BCUT2D eigenvalue weighted by molar-refractivity contribution is 5.45. The molecule has 0 aliphatic carbocycles. The van der Waals surface area contributed by atoms with E-state index in [0.717, 1.165) is 5.56 Å². The molecule has 18 heavy (non-hydrogen) atoms. The molecule has 0 saturated carbocycles. The van der Waals surface area contributed by atoms with Gasteiger partial charge < -0.3 is 11.1 Å². The van der Waals surface area contributed by atoms with Gasteiger partial charge in [-0.05, 0) is 24.6 Å². The second-order valence-electron chi connectivity index (χ2n) is 3.93. The van der Waals surface area contributed by atoms with Crippen LogP contribution < -0.4 is 11.1 Å². The molecule has 0 spiro atoms. The standard InChI is InChI=1S/C13H13N5/c1-9(11-4-2-10(7-14)3-5-11)18-13-6-12(15)16-8-17-13/h2-6,8-9H,1H3,(H3,15,16,17,18).